The topological polar surface area (TPSA) is 47.6 Å². The lowest BCUT2D eigenvalue weighted by molar-refractivity contribution is -0.142. The predicted octanol–water partition coefficient (Wildman–Crippen LogP) is 2.56. The van der Waals surface area contributed by atoms with Crippen molar-refractivity contribution in [1.82, 2.24) is 5.32 Å². The molecule has 2 atom stereocenters. The lowest BCUT2D eigenvalue weighted by Gasteiger charge is -2.16. The van der Waals surface area contributed by atoms with Gasteiger partial charge in [0.05, 0.1) is 7.11 Å². The average Bonchev–Trinajstić information content (AvgIpc) is 3.05. The van der Waals surface area contributed by atoms with E-state index in [9.17, 15) is 4.79 Å². The maximum absolute atomic E-state index is 11.6. The number of esters is 1. The molecule has 2 unspecified atom stereocenters. The summed E-state index contributed by atoms with van der Waals surface area (Å²) >= 11 is 0. The Bertz CT molecular complexity index is 657. The molecular formula is C19H21NO3. The van der Waals surface area contributed by atoms with Crippen LogP contribution in [0.4, 0.5) is 0 Å². The molecule has 0 radical (unpaired) electrons. The lowest BCUT2D eigenvalue weighted by Crippen LogP contribution is -2.31. The van der Waals surface area contributed by atoms with Crippen molar-refractivity contribution in [3.63, 3.8) is 0 Å². The van der Waals surface area contributed by atoms with Crippen molar-refractivity contribution in [2.24, 2.45) is 0 Å². The Hall–Kier alpha value is -2.33. The van der Waals surface area contributed by atoms with Crippen molar-refractivity contribution in [3.05, 3.63) is 65.7 Å². The van der Waals surface area contributed by atoms with Crippen LogP contribution in [-0.4, -0.2) is 31.8 Å². The summed E-state index contributed by atoms with van der Waals surface area (Å²) in [5.41, 5.74) is 2.40. The number of para-hydroxylation sites is 1. The Morgan fingerprint density at radius 3 is 2.65 bits per heavy atom. The van der Waals surface area contributed by atoms with Gasteiger partial charge in [0.15, 0.2) is 0 Å². The van der Waals surface area contributed by atoms with E-state index in [-0.39, 0.29) is 18.1 Å². The fourth-order valence-electron chi connectivity index (χ4n) is 2.88. The van der Waals surface area contributed by atoms with E-state index in [1.54, 1.807) is 0 Å². The molecule has 1 aliphatic rings. The van der Waals surface area contributed by atoms with E-state index in [0.29, 0.717) is 13.0 Å². The molecule has 4 heteroatoms. The molecule has 120 valence electrons. The minimum Gasteiger partial charge on any atom is -0.489 e. The molecule has 1 heterocycles. The summed E-state index contributed by atoms with van der Waals surface area (Å²) in [7, 11) is 1.41. The molecule has 1 N–H and O–H groups in total. The van der Waals surface area contributed by atoms with Crippen LogP contribution in [0.15, 0.2) is 54.6 Å². The number of carbonyl (C=O) groups is 1. The summed E-state index contributed by atoms with van der Waals surface area (Å²) in [6, 6.07) is 18.1. The number of carbonyl (C=O) groups excluding carboxylic acids is 1. The van der Waals surface area contributed by atoms with Gasteiger partial charge in [0, 0.05) is 19.4 Å². The van der Waals surface area contributed by atoms with Crippen LogP contribution in [0, 0.1) is 0 Å². The number of hydrogen-bond donors (Lipinski definition) is 1. The van der Waals surface area contributed by atoms with Gasteiger partial charge in [-0.2, -0.15) is 0 Å². The van der Waals surface area contributed by atoms with Crippen molar-refractivity contribution in [1.29, 1.82) is 0 Å². The highest BCUT2D eigenvalue weighted by atomic mass is 16.5. The van der Waals surface area contributed by atoms with Crippen molar-refractivity contribution in [2.75, 3.05) is 13.7 Å². The zero-order chi connectivity index (χ0) is 16.1. The summed E-state index contributed by atoms with van der Waals surface area (Å²) in [4.78, 5) is 11.6. The van der Waals surface area contributed by atoms with Crippen LogP contribution in [0.25, 0.3) is 0 Å². The number of rotatable bonds is 5. The second-order valence-corrected chi connectivity index (χ2v) is 5.73. The largest absolute Gasteiger partial charge is 0.489 e. The standard InChI is InChI=1S/C19H21NO3/c1-22-19(21)17-12-16(13-20-17)23-18-10-6-5-9-15(18)11-14-7-3-2-4-8-14/h2-10,16-17,20H,11-13H2,1H3. The van der Waals surface area contributed by atoms with E-state index in [0.717, 1.165) is 17.7 Å². The fourth-order valence-corrected chi connectivity index (χ4v) is 2.88. The van der Waals surface area contributed by atoms with Crippen molar-refractivity contribution >= 4 is 5.97 Å². The van der Waals surface area contributed by atoms with Crippen LogP contribution in [0.3, 0.4) is 0 Å². The van der Waals surface area contributed by atoms with Crippen molar-refractivity contribution < 1.29 is 14.3 Å². The van der Waals surface area contributed by atoms with E-state index >= 15 is 0 Å². The smallest absolute Gasteiger partial charge is 0.323 e. The quantitative estimate of drug-likeness (QED) is 0.862. The fraction of sp³-hybridized carbons (Fsp3) is 0.316. The number of methoxy groups -OCH3 is 1. The molecule has 23 heavy (non-hydrogen) atoms. The summed E-state index contributed by atoms with van der Waals surface area (Å²) in [5, 5.41) is 3.15. The van der Waals surface area contributed by atoms with Gasteiger partial charge in [-0.1, -0.05) is 48.5 Å². The first kappa shape index (κ1) is 15.6. The maximum atomic E-state index is 11.6. The highest BCUT2D eigenvalue weighted by Gasteiger charge is 2.31. The summed E-state index contributed by atoms with van der Waals surface area (Å²) < 4.78 is 10.9. The first-order valence-electron chi connectivity index (χ1n) is 7.86. The van der Waals surface area contributed by atoms with E-state index in [4.69, 9.17) is 9.47 Å². The van der Waals surface area contributed by atoms with Gasteiger partial charge < -0.3 is 14.8 Å². The Balaban J connectivity index is 1.68. The highest BCUT2D eigenvalue weighted by molar-refractivity contribution is 5.76. The first-order chi connectivity index (χ1) is 11.3. The van der Waals surface area contributed by atoms with Crippen LogP contribution in [-0.2, 0) is 16.0 Å². The molecule has 0 bridgehead atoms. The van der Waals surface area contributed by atoms with Gasteiger partial charge in [-0.3, -0.25) is 4.79 Å². The summed E-state index contributed by atoms with van der Waals surface area (Å²) in [5.74, 6) is 0.655. The van der Waals surface area contributed by atoms with Gasteiger partial charge in [-0.25, -0.2) is 0 Å². The number of ether oxygens (including phenoxy) is 2. The Kier molecular flexibility index (Phi) is 4.93. The number of nitrogens with one attached hydrogen (secondary N) is 1. The molecule has 4 nitrogen and oxygen atoms in total. The zero-order valence-electron chi connectivity index (χ0n) is 13.2. The molecule has 2 aromatic rings. The maximum Gasteiger partial charge on any atom is 0.323 e. The van der Waals surface area contributed by atoms with Crippen LogP contribution in [0.5, 0.6) is 5.75 Å². The molecule has 0 aromatic heterocycles. The van der Waals surface area contributed by atoms with Gasteiger partial charge >= 0.3 is 5.97 Å². The molecule has 0 spiro atoms. The summed E-state index contributed by atoms with van der Waals surface area (Å²) in [6.07, 6.45) is 1.44. The SMILES string of the molecule is COC(=O)C1CC(Oc2ccccc2Cc2ccccc2)CN1. The van der Waals surface area contributed by atoms with Gasteiger partial charge in [0.2, 0.25) is 0 Å². The Labute approximate surface area is 136 Å². The molecule has 1 fully saturated rings. The minimum absolute atomic E-state index is 0.0176. The molecular weight excluding hydrogens is 290 g/mol. The van der Waals surface area contributed by atoms with E-state index in [1.807, 2.05) is 36.4 Å². The molecule has 1 saturated heterocycles. The highest BCUT2D eigenvalue weighted by Crippen LogP contribution is 2.24. The van der Waals surface area contributed by atoms with Crippen LogP contribution >= 0.6 is 0 Å². The third-order valence-corrected chi connectivity index (χ3v) is 4.08. The molecule has 3 rings (SSSR count). The monoisotopic (exact) mass is 311 g/mol. The number of hydrogen-bond acceptors (Lipinski definition) is 4. The predicted molar refractivity (Wildman–Crippen MR) is 88.5 cm³/mol. The number of benzene rings is 2. The normalized spacial score (nSPS) is 20.2. The van der Waals surface area contributed by atoms with Gasteiger partial charge in [-0.05, 0) is 17.2 Å². The molecule has 1 aliphatic heterocycles. The average molecular weight is 311 g/mol. The molecule has 2 aromatic carbocycles. The van der Waals surface area contributed by atoms with Crippen LogP contribution in [0.1, 0.15) is 17.5 Å². The van der Waals surface area contributed by atoms with Gasteiger partial charge in [0.1, 0.15) is 17.9 Å². The molecule has 0 amide bonds. The van der Waals surface area contributed by atoms with E-state index < -0.39 is 0 Å². The Morgan fingerprint density at radius 1 is 1.13 bits per heavy atom. The second kappa shape index (κ2) is 7.29. The van der Waals surface area contributed by atoms with Gasteiger partial charge in [0.25, 0.3) is 0 Å². The Morgan fingerprint density at radius 2 is 1.87 bits per heavy atom. The first-order valence-corrected chi connectivity index (χ1v) is 7.86. The summed E-state index contributed by atoms with van der Waals surface area (Å²) in [6.45, 7) is 0.652. The third kappa shape index (κ3) is 3.90. The van der Waals surface area contributed by atoms with E-state index in [1.165, 1.54) is 12.7 Å². The molecule has 0 saturated carbocycles. The zero-order valence-corrected chi connectivity index (χ0v) is 13.2. The van der Waals surface area contributed by atoms with Crippen molar-refractivity contribution in [3.8, 4) is 5.75 Å². The molecule has 0 aliphatic carbocycles. The van der Waals surface area contributed by atoms with Crippen LogP contribution < -0.4 is 10.1 Å². The third-order valence-electron chi connectivity index (χ3n) is 4.08. The minimum atomic E-state index is -0.272. The van der Waals surface area contributed by atoms with Crippen LogP contribution in [0.2, 0.25) is 0 Å². The second-order valence-electron chi connectivity index (χ2n) is 5.73. The lowest BCUT2D eigenvalue weighted by atomic mass is 10.0. The van der Waals surface area contributed by atoms with Gasteiger partial charge in [-0.15, -0.1) is 0 Å². The van der Waals surface area contributed by atoms with E-state index in [2.05, 4.69) is 23.5 Å². The van der Waals surface area contributed by atoms with Crippen molar-refractivity contribution in [2.45, 2.75) is 25.0 Å².